The Bertz CT molecular complexity index is 168. The molecule has 0 saturated carbocycles. The highest BCUT2D eigenvalue weighted by atomic mass is 35.5. The van der Waals surface area contributed by atoms with E-state index in [1.807, 2.05) is 0 Å². The molecule has 0 saturated heterocycles. The number of nitrogens with two attached hydrogens (primary N) is 1. The van der Waals surface area contributed by atoms with Crippen molar-refractivity contribution >= 4 is 29.2 Å². The van der Waals surface area contributed by atoms with Gasteiger partial charge >= 0.3 is 5.97 Å². The monoisotopic (exact) mass is 197 g/mol. The van der Waals surface area contributed by atoms with E-state index in [9.17, 15) is 4.79 Å². The summed E-state index contributed by atoms with van der Waals surface area (Å²) in [6.07, 6.45) is 1.21. The highest BCUT2D eigenvalue weighted by Gasteiger charge is 2.06. The first-order chi connectivity index (χ1) is 5.07. The van der Waals surface area contributed by atoms with Crippen LogP contribution >= 0.6 is 23.2 Å². The number of hydrogen-bond acceptors (Lipinski definition) is 3. The Balaban J connectivity index is 4.01. The fourth-order valence-electron chi connectivity index (χ4n) is 0.418. The minimum absolute atomic E-state index is 0.0677. The molecular formula is C6H9Cl2NO2. The zero-order valence-corrected chi connectivity index (χ0v) is 7.52. The number of esters is 1. The van der Waals surface area contributed by atoms with Crippen molar-refractivity contribution in [3.8, 4) is 0 Å². The molecule has 64 valence electrons. The molecule has 0 fully saturated rings. The summed E-state index contributed by atoms with van der Waals surface area (Å²) in [7, 11) is 0. The van der Waals surface area contributed by atoms with Crippen LogP contribution in [0.5, 0.6) is 0 Å². The predicted octanol–water partition coefficient (Wildman–Crippen LogP) is 1.20. The Kier molecular flexibility index (Phi) is 5.07. The van der Waals surface area contributed by atoms with Crippen LogP contribution in [-0.2, 0) is 9.53 Å². The van der Waals surface area contributed by atoms with Crippen molar-refractivity contribution in [3.63, 3.8) is 0 Å². The molecule has 0 radical (unpaired) electrons. The van der Waals surface area contributed by atoms with Crippen LogP contribution in [0.3, 0.4) is 0 Å². The lowest BCUT2D eigenvalue weighted by Gasteiger charge is -2.00. The second-order valence-electron chi connectivity index (χ2n) is 1.68. The van der Waals surface area contributed by atoms with Gasteiger partial charge in [0.05, 0.1) is 6.61 Å². The van der Waals surface area contributed by atoms with Gasteiger partial charge in [0.25, 0.3) is 0 Å². The number of rotatable bonds is 3. The minimum Gasteiger partial charge on any atom is -0.461 e. The minimum atomic E-state index is -0.778. The number of hydrogen-bond donors (Lipinski definition) is 1. The number of alkyl halides is 2. The Morgan fingerprint density at radius 2 is 2.27 bits per heavy atom. The summed E-state index contributed by atoms with van der Waals surface area (Å²) in [5, 5.41) is 0. The molecule has 0 aromatic carbocycles. The summed E-state index contributed by atoms with van der Waals surface area (Å²) in [5.74, 6) is -0.598. The van der Waals surface area contributed by atoms with Crippen molar-refractivity contribution in [2.45, 2.75) is 11.8 Å². The van der Waals surface area contributed by atoms with Gasteiger partial charge in [-0.25, -0.2) is 4.79 Å². The quantitative estimate of drug-likeness (QED) is 0.421. The number of allylic oxidation sites excluding steroid dienone is 1. The standard InChI is InChI=1S/C6H9Cl2NO2/c1-2-11-6(10)4(9)3-5(7)8/h3,5H,2,9H2,1H3/b4-3+. The molecule has 0 rings (SSSR count). The van der Waals surface area contributed by atoms with Crippen molar-refractivity contribution in [3.05, 3.63) is 11.8 Å². The fraction of sp³-hybridized carbons (Fsp3) is 0.500. The maximum atomic E-state index is 10.7. The SMILES string of the molecule is CCOC(=O)/C(N)=C\C(Cl)Cl. The van der Waals surface area contributed by atoms with E-state index in [1.165, 1.54) is 6.08 Å². The summed E-state index contributed by atoms with van der Waals surface area (Å²) in [6, 6.07) is 0. The molecule has 3 nitrogen and oxygen atoms in total. The Morgan fingerprint density at radius 3 is 2.64 bits per heavy atom. The fourth-order valence-corrected chi connectivity index (χ4v) is 0.690. The highest BCUT2D eigenvalue weighted by Crippen LogP contribution is 2.05. The molecule has 0 bridgehead atoms. The molecule has 0 aliphatic heterocycles. The zero-order chi connectivity index (χ0) is 8.85. The predicted molar refractivity (Wildman–Crippen MR) is 44.4 cm³/mol. The van der Waals surface area contributed by atoms with Gasteiger partial charge in [0, 0.05) is 0 Å². The molecule has 0 heterocycles. The molecule has 0 aliphatic carbocycles. The maximum Gasteiger partial charge on any atom is 0.353 e. The van der Waals surface area contributed by atoms with Gasteiger partial charge in [-0.15, -0.1) is 23.2 Å². The van der Waals surface area contributed by atoms with E-state index >= 15 is 0 Å². The summed E-state index contributed by atoms with van der Waals surface area (Å²) in [6.45, 7) is 1.96. The van der Waals surface area contributed by atoms with Gasteiger partial charge in [-0.3, -0.25) is 0 Å². The average Bonchev–Trinajstić information content (AvgIpc) is 1.86. The molecule has 0 atom stereocenters. The van der Waals surface area contributed by atoms with Crippen molar-refractivity contribution in [2.24, 2.45) is 5.73 Å². The number of carbonyl (C=O) groups excluding carboxylic acids is 1. The van der Waals surface area contributed by atoms with Crippen molar-refractivity contribution in [1.82, 2.24) is 0 Å². The molecule has 0 aromatic heterocycles. The van der Waals surface area contributed by atoms with Crippen LogP contribution in [-0.4, -0.2) is 17.4 Å². The van der Waals surface area contributed by atoms with E-state index in [-0.39, 0.29) is 12.3 Å². The van der Waals surface area contributed by atoms with Crippen LogP contribution < -0.4 is 5.73 Å². The lowest BCUT2D eigenvalue weighted by atomic mass is 10.4. The highest BCUT2D eigenvalue weighted by molar-refractivity contribution is 6.45. The molecule has 0 amide bonds. The molecule has 0 unspecified atom stereocenters. The van der Waals surface area contributed by atoms with Gasteiger partial charge < -0.3 is 10.5 Å². The number of ether oxygens (including phenoxy) is 1. The van der Waals surface area contributed by atoms with Crippen molar-refractivity contribution in [1.29, 1.82) is 0 Å². The third-order valence-electron chi connectivity index (χ3n) is 0.817. The van der Waals surface area contributed by atoms with E-state index in [0.717, 1.165) is 0 Å². The van der Waals surface area contributed by atoms with E-state index in [0.29, 0.717) is 0 Å². The van der Waals surface area contributed by atoms with Crippen LogP contribution in [0.15, 0.2) is 11.8 Å². The second-order valence-corrected chi connectivity index (χ2v) is 2.84. The maximum absolute atomic E-state index is 10.7. The average molecular weight is 198 g/mol. The smallest absolute Gasteiger partial charge is 0.353 e. The first-order valence-electron chi connectivity index (χ1n) is 3.00. The summed E-state index contributed by atoms with van der Waals surface area (Å²) in [5.41, 5.74) is 5.15. The van der Waals surface area contributed by atoms with Crippen molar-refractivity contribution in [2.75, 3.05) is 6.61 Å². The normalized spacial score (nSPS) is 11.8. The van der Waals surface area contributed by atoms with Crippen LogP contribution in [0, 0.1) is 0 Å². The van der Waals surface area contributed by atoms with Gasteiger partial charge in [-0.2, -0.15) is 0 Å². The molecule has 2 N–H and O–H groups in total. The van der Waals surface area contributed by atoms with E-state index in [1.54, 1.807) is 6.92 Å². The van der Waals surface area contributed by atoms with E-state index in [2.05, 4.69) is 4.74 Å². The summed E-state index contributed by atoms with van der Waals surface area (Å²) >= 11 is 10.6. The molecule has 0 spiro atoms. The summed E-state index contributed by atoms with van der Waals surface area (Å²) in [4.78, 5) is 9.97. The largest absolute Gasteiger partial charge is 0.461 e. The molecule has 5 heteroatoms. The van der Waals surface area contributed by atoms with E-state index < -0.39 is 10.8 Å². The molecule has 0 aromatic rings. The van der Waals surface area contributed by atoms with Gasteiger partial charge in [-0.05, 0) is 13.0 Å². The van der Waals surface area contributed by atoms with Gasteiger partial charge in [0.2, 0.25) is 0 Å². The molecule has 0 aliphatic rings. The zero-order valence-electron chi connectivity index (χ0n) is 6.01. The number of carbonyl (C=O) groups is 1. The Hall–Kier alpha value is -0.410. The van der Waals surface area contributed by atoms with Crippen molar-refractivity contribution < 1.29 is 9.53 Å². The molecule has 11 heavy (non-hydrogen) atoms. The van der Waals surface area contributed by atoms with Gasteiger partial charge in [0.15, 0.2) is 0 Å². The second kappa shape index (κ2) is 5.27. The van der Waals surface area contributed by atoms with Gasteiger partial charge in [-0.1, -0.05) is 0 Å². The lowest BCUT2D eigenvalue weighted by Crippen LogP contribution is -2.15. The first kappa shape index (κ1) is 10.6. The Labute approximate surface area is 75.1 Å². The topological polar surface area (TPSA) is 52.3 Å². The Morgan fingerprint density at radius 1 is 1.73 bits per heavy atom. The summed E-state index contributed by atoms with van der Waals surface area (Å²) < 4.78 is 4.56. The third kappa shape index (κ3) is 4.93. The third-order valence-corrected chi connectivity index (χ3v) is 1.07. The van der Waals surface area contributed by atoms with Crippen LogP contribution in [0.2, 0.25) is 0 Å². The number of halogens is 2. The molecular weight excluding hydrogens is 189 g/mol. The van der Waals surface area contributed by atoms with Crippen LogP contribution in [0.4, 0.5) is 0 Å². The van der Waals surface area contributed by atoms with Gasteiger partial charge in [0.1, 0.15) is 10.5 Å². The first-order valence-corrected chi connectivity index (χ1v) is 3.87. The lowest BCUT2D eigenvalue weighted by molar-refractivity contribution is -0.138. The van der Waals surface area contributed by atoms with E-state index in [4.69, 9.17) is 28.9 Å². The van der Waals surface area contributed by atoms with Crippen LogP contribution in [0.1, 0.15) is 6.92 Å². The van der Waals surface area contributed by atoms with Crippen LogP contribution in [0.25, 0.3) is 0 Å².